The van der Waals surface area contributed by atoms with Crippen LogP contribution in [0.25, 0.3) is 11.0 Å². The number of fused-ring (bicyclic) bond motifs is 1. The lowest BCUT2D eigenvalue weighted by molar-refractivity contribution is -0.150. The van der Waals surface area contributed by atoms with Crippen LogP contribution in [0.4, 0.5) is 0 Å². The molecule has 166 valence electrons. The number of aryl methyl sites for hydroxylation is 3. The van der Waals surface area contributed by atoms with E-state index in [1.807, 2.05) is 31.9 Å². The lowest BCUT2D eigenvalue weighted by Gasteiger charge is -2.36. The van der Waals surface area contributed by atoms with Crippen LogP contribution in [0.2, 0.25) is 0 Å². The maximum Gasteiger partial charge on any atom is 0.312 e. The van der Waals surface area contributed by atoms with Gasteiger partial charge in [-0.3, -0.25) is 19.2 Å². The third-order valence-corrected chi connectivity index (χ3v) is 7.32. The summed E-state index contributed by atoms with van der Waals surface area (Å²) >= 11 is 0. The van der Waals surface area contributed by atoms with Gasteiger partial charge in [0.1, 0.15) is 6.10 Å². The van der Waals surface area contributed by atoms with Gasteiger partial charge in [0.25, 0.3) is 5.91 Å². The zero-order valence-electron chi connectivity index (χ0n) is 18.7. The lowest BCUT2D eigenvalue weighted by Crippen LogP contribution is -2.45. The number of carbonyl (C=O) groups is 2. The van der Waals surface area contributed by atoms with Crippen LogP contribution in [0.3, 0.4) is 0 Å². The Balaban J connectivity index is 1.30. The maximum absolute atomic E-state index is 13.4. The van der Waals surface area contributed by atoms with Gasteiger partial charge in [0.05, 0.1) is 22.1 Å². The van der Waals surface area contributed by atoms with E-state index >= 15 is 0 Å². The Hall–Kier alpha value is -2.48. The fourth-order valence-electron chi connectivity index (χ4n) is 5.65. The molecule has 8 nitrogen and oxygen atoms in total. The molecule has 5 heterocycles. The van der Waals surface area contributed by atoms with Crippen molar-refractivity contribution in [3.8, 4) is 0 Å². The molecule has 1 unspecified atom stereocenters. The number of amides is 1. The van der Waals surface area contributed by atoms with Crippen LogP contribution < -0.4 is 0 Å². The summed E-state index contributed by atoms with van der Waals surface area (Å²) in [6, 6.07) is 1.86. The molecule has 0 radical (unpaired) electrons. The van der Waals surface area contributed by atoms with Crippen LogP contribution >= 0.6 is 0 Å². The van der Waals surface area contributed by atoms with Gasteiger partial charge in [0.2, 0.25) is 0 Å². The molecule has 1 spiro atoms. The second kappa shape index (κ2) is 7.58. The summed E-state index contributed by atoms with van der Waals surface area (Å²) < 4.78 is 7.52. The number of rotatable bonds is 3. The van der Waals surface area contributed by atoms with Crippen molar-refractivity contribution in [1.82, 2.24) is 24.6 Å². The molecule has 3 fully saturated rings. The lowest BCUT2D eigenvalue weighted by atomic mass is 9.76. The number of piperidine rings is 1. The van der Waals surface area contributed by atoms with Crippen molar-refractivity contribution < 1.29 is 14.3 Å². The average molecular weight is 426 g/mol. The standard InChI is InChI=1S/C23H31N5O3/c1-15-12-18(19-16(2)25-26(3)20(19)24-15)21(29)28-10-6-23(7-11-28)13-17(31-22(23)30)14-27-8-4-5-9-27/h12,17H,4-11,13-14H2,1-3H3. The molecule has 3 aliphatic rings. The zero-order chi connectivity index (χ0) is 21.8. The summed E-state index contributed by atoms with van der Waals surface area (Å²) in [4.78, 5) is 35.1. The molecular weight excluding hydrogens is 394 g/mol. The maximum atomic E-state index is 13.4. The predicted octanol–water partition coefficient (Wildman–Crippen LogP) is 2.22. The highest BCUT2D eigenvalue weighted by Gasteiger charge is 2.51. The monoisotopic (exact) mass is 425 g/mol. The van der Waals surface area contributed by atoms with E-state index in [1.165, 1.54) is 12.8 Å². The number of carbonyl (C=O) groups excluding carboxylic acids is 2. The number of hydrogen-bond acceptors (Lipinski definition) is 6. The summed E-state index contributed by atoms with van der Waals surface area (Å²) in [5, 5.41) is 5.28. The SMILES string of the molecule is Cc1cc(C(=O)N2CCC3(CC2)CC(CN2CCCC2)OC3=O)c2c(C)nn(C)c2n1. The third kappa shape index (κ3) is 3.50. The highest BCUT2D eigenvalue weighted by atomic mass is 16.6. The van der Waals surface area contributed by atoms with E-state index < -0.39 is 5.41 Å². The third-order valence-electron chi connectivity index (χ3n) is 7.32. The predicted molar refractivity (Wildman–Crippen MR) is 116 cm³/mol. The Kier molecular flexibility index (Phi) is 5.00. The summed E-state index contributed by atoms with van der Waals surface area (Å²) in [5.41, 5.74) is 2.58. The first-order chi connectivity index (χ1) is 14.9. The van der Waals surface area contributed by atoms with Crippen molar-refractivity contribution in [2.75, 3.05) is 32.7 Å². The normalized spacial score (nSPS) is 23.8. The van der Waals surface area contributed by atoms with Crippen molar-refractivity contribution in [2.45, 2.75) is 52.1 Å². The molecule has 1 amide bonds. The Morgan fingerprint density at radius 1 is 1.19 bits per heavy atom. The van der Waals surface area contributed by atoms with Crippen molar-refractivity contribution in [3.63, 3.8) is 0 Å². The smallest absolute Gasteiger partial charge is 0.312 e. The fourth-order valence-corrected chi connectivity index (χ4v) is 5.65. The second-order valence-corrected chi connectivity index (χ2v) is 9.53. The van der Waals surface area contributed by atoms with Crippen LogP contribution in [0.1, 0.15) is 53.8 Å². The molecule has 3 aliphatic heterocycles. The number of ether oxygens (including phenoxy) is 1. The minimum Gasteiger partial charge on any atom is -0.461 e. The molecular formula is C23H31N5O3. The number of esters is 1. The van der Waals surface area contributed by atoms with Gasteiger partial charge in [0.15, 0.2) is 5.65 Å². The number of aromatic nitrogens is 3. The molecule has 0 saturated carbocycles. The van der Waals surface area contributed by atoms with Crippen molar-refractivity contribution in [3.05, 3.63) is 23.0 Å². The van der Waals surface area contributed by atoms with Crippen LogP contribution in [0.15, 0.2) is 6.07 Å². The van der Waals surface area contributed by atoms with E-state index in [2.05, 4.69) is 15.0 Å². The largest absolute Gasteiger partial charge is 0.461 e. The number of likely N-dealkylation sites (tertiary alicyclic amines) is 2. The van der Waals surface area contributed by atoms with Crippen LogP contribution in [0.5, 0.6) is 0 Å². The number of pyridine rings is 1. The van der Waals surface area contributed by atoms with Gasteiger partial charge in [0, 0.05) is 38.8 Å². The molecule has 1 atom stereocenters. The molecule has 0 bridgehead atoms. The quantitative estimate of drug-likeness (QED) is 0.702. The van der Waals surface area contributed by atoms with Crippen molar-refractivity contribution in [2.24, 2.45) is 12.5 Å². The topological polar surface area (TPSA) is 80.6 Å². The first-order valence-corrected chi connectivity index (χ1v) is 11.4. The van der Waals surface area contributed by atoms with E-state index in [1.54, 1.807) is 4.68 Å². The first kappa shape index (κ1) is 20.4. The summed E-state index contributed by atoms with van der Waals surface area (Å²) in [6.45, 7) is 8.03. The average Bonchev–Trinajstić information content (AvgIpc) is 3.42. The van der Waals surface area contributed by atoms with Gasteiger partial charge < -0.3 is 9.64 Å². The Labute approximate surface area is 182 Å². The highest BCUT2D eigenvalue weighted by molar-refractivity contribution is 6.06. The number of hydrogen-bond donors (Lipinski definition) is 0. The van der Waals surface area contributed by atoms with Gasteiger partial charge in [-0.25, -0.2) is 4.98 Å². The van der Waals surface area contributed by atoms with E-state index in [0.717, 1.165) is 48.5 Å². The Bertz CT molecular complexity index is 1030. The molecule has 5 rings (SSSR count). The van der Waals surface area contributed by atoms with Gasteiger partial charge in [-0.2, -0.15) is 5.10 Å². The molecule has 31 heavy (non-hydrogen) atoms. The van der Waals surface area contributed by atoms with Crippen molar-refractivity contribution >= 4 is 22.9 Å². The number of cyclic esters (lactones) is 1. The number of nitrogens with zero attached hydrogens (tertiary/aromatic N) is 5. The molecule has 3 saturated heterocycles. The molecule has 2 aromatic rings. The van der Waals surface area contributed by atoms with Gasteiger partial charge >= 0.3 is 5.97 Å². The summed E-state index contributed by atoms with van der Waals surface area (Å²) in [5.74, 6) is -0.0597. The molecule has 0 aromatic carbocycles. The second-order valence-electron chi connectivity index (χ2n) is 9.53. The highest BCUT2D eigenvalue weighted by Crippen LogP contribution is 2.43. The summed E-state index contributed by atoms with van der Waals surface area (Å²) in [7, 11) is 1.85. The fraction of sp³-hybridized carbons (Fsp3) is 0.652. The Morgan fingerprint density at radius 3 is 2.61 bits per heavy atom. The molecule has 8 heteroatoms. The van der Waals surface area contributed by atoms with E-state index in [-0.39, 0.29) is 18.0 Å². The zero-order valence-corrected chi connectivity index (χ0v) is 18.7. The van der Waals surface area contributed by atoms with Crippen molar-refractivity contribution in [1.29, 1.82) is 0 Å². The summed E-state index contributed by atoms with van der Waals surface area (Å²) in [6.07, 6.45) is 4.60. The minimum atomic E-state index is -0.422. The van der Waals surface area contributed by atoms with E-state index in [0.29, 0.717) is 31.5 Å². The van der Waals surface area contributed by atoms with Gasteiger partial charge in [-0.05, 0) is 58.7 Å². The Morgan fingerprint density at radius 2 is 1.90 bits per heavy atom. The van der Waals surface area contributed by atoms with Crippen LogP contribution in [-0.4, -0.2) is 75.3 Å². The molecule has 0 N–H and O–H groups in total. The minimum absolute atomic E-state index is 0.00133. The van der Waals surface area contributed by atoms with Gasteiger partial charge in [-0.15, -0.1) is 0 Å². The molecule has 2 aromatic heterocycles. The molecule has 0 aliphatic carbocycles. The van der Waals surface area contributed by atoms with Crippen LogP contribution in [-0.2, 0) is 16.6 Å². The van der Waals surface area contributed by atoms with E-state index in [9.17, 15) is 9.59 Å². The van der Waals surface area contributed by atoms with E-state index in [4.69, 9.17) is 4.74 Å². The first-order valence-electron chi connectivity index (χ1n) is 11.4. The van der Waals surface area contributed by atoms with Gasteiger partial charge in [-0.1, -0.05) is 0 Å². The van der Waals surface area contributed by atoms with Crippen LogP contribution in [0, 0.1) is 19.3 Å².